The molecule has 2 aromatic rings. The molecule has 0 bridgehead atoms. The smallest absolute Gasteiger partial charge is 0.240 e. The molecule has 1 unspecified atom stereocenters. The van der Waals surface area contributed by atoms with Gasteiger partial charge >= 0.3 is 0 Å². The van der Waals surface area contributed by atoms with E-state index in [0.717, 1.165) is 17.3 Å². The molecule has 0 aliphatic carbocycles. The Labute approximate surface area is 164 Å². The Bertz CT molecular complexity index is 898. The van der Waals surface area contributed by atoms with Crippen LogP contribution in [0, 0.1) is 0 Å². The van der Waals surface area contributed by atoms with Crippen LogP contribution in [-0.2, 0) is 9.59 Å². The summed E-state index contributed by atoms with van der Waals surface area (Å²) in [7, 11) is 0. The molecule has 0 saturated carbocycles. The number of hydrogen-bond donors (Lipinski definition) is 3. The van der Waals surface area contributed by atoms with Gasteiger partial charge in [0, 0.05) is 17.1 Å². The first-order valence-electron chi connectivity index (χ1n) is 7.92. The third kappa shape index (κ3) is 5.57. The average molecular weight is 403 g/mol. The third-order valence-corrected chi connectivity index (χ3v) is 4.85. The van der Waals surface area contributed by atoms with Gasteiger partial charge in [-0.3, -0.25) is 9.59 Å². The number of carbonyl (C=O) groups excluding carboxylic acids is 2. The van der Waals surface area contributed by atoms with Crippen molar-refractivity contribution in [2.45, 2.75) is 11.7 Å². The molecule has 1 aliphatic heterocycles. The van der Waals surface area contributed by atoms with Crippen LogP contribution >= 0.6 is 23.4 Å². The molecule has 1 aliphatic rings. The molecule has 27 heavy (non-hydrogen) atoms. The molecule has 9 heteroatoms. The predicted molar refractivity (Wildman–Crippen MR) is 107 cm³/mol. The summed E-state index contributed by atoms with van der Waals surface area (Å²) in [5.74, 6) is -0.402. The van der Waals surface area contributed by atoms with E-state index in [1.165, 1.54) is 18.3 Å². The van der Waals surface area contributed by atoms with E-state index in [1.54, 1.807) is 36.4 Å². The summed E-state index contributed by atoms with van der Waals surface area (Å²) >= 11 is 6.96. The first-order chi connectivity index (χ1) is 13.0. The molecule has 3 rings (SSSR count). The van der Waals surface area contributed by atoms with Crippen molar-refractivity contribution in [1.82, 2.24) is 5.32 Å². The van der Waals surface area contributed by atoms with Crippen LogP contribution in [-0.4, -0.2) is 33.6 Å². The van der Waals surface area contributed by atoms with Gasteiger partial charge in [-0.1, -0.05) is 23.4 Å². The van der Waals surface area contributed by atoms with Crippen LogP contribution in [0.15, 0.2) is 58.7 Å². The molecule has 0 spiro atoms. The largest absolute Gasteiger partial charge is 0.508 e. The van der Waals surface area contributed by atoms with Crippen LogP contribution < -0.4 is 10.6 Å². The Hall–Kier alpha value is -2.84. The highest BCUT2D eigenvalue weighted by molar-refractivity contribution is 8.15. The van der Waals surface area contributed by atoms with Crippen molar-refractivity contribution < 1.29 is 14.7 Å². The number of rotatable bonds is 5. The fraction of sp³-hybridized carbons (Fsp3) is 0.111. The minimum Gasteiger partial charge on any atom is -0.508 e. The van der Waals surface area contributed by atoms with Gasteiger partial charge in [-0.25, -0.2) is 0 Å². The zero-order valence-corrected chi connectivity index (χ0v) is 15.5. The molecule has 2 aromatic carbocycles. The highest BCUT2D eigenvalue weighted by Crippen LogP contribution is 2.23. The molecule has 0 radical (unpaired) electrons. The summed E-state index contributed by atoms with van der Waals surface area (Å²) in [6, 6.07) is 13.2. The number of amides is 2. The lowest BCUT2D eigenvalue weighted by Crippen LogP contribution is -2.28. The summed E-state index contributed by atoms with van der Waals surface area (Å²) in [5.41, 5.74) is 1.37. The number of anilines is 1. The van der Waals surface area contributed by atoms with Crippen molar-refractivity contribution in [3.8, 4) is 5.75 Å². The van der Waals surface area contributed by atoms with Gasteiger partial charge in [-0.15, -0.1) is 5.10 Å². The van der Waals surface area contributed by atoms with E-state index in [4.69, 9.17) is 11.6 Å². The number of phenolic OH excluding ortho intramolecular Hbond substituents is 1. The lowest BCUT2D eigenvalue weighted by Gasteiger charge is -2.07. The zero-order valence-electron chi connectivity index (χ0n) is 13.9. The lowest BCUT2D eigenvalue weighted by atomic mass is 10.2. The van der Waals surface area contributed by atoms with Gasteiger partial charge in [0.25, 0.3) is 0 Å². The third-order valence-electron chi connectivity index (χ3n) is 3.52. The number of amidine groups is 1. The molecule has 1 heterocycles. The maximum atomic E-state index is 12.1. The Kier molecular flexibility index (Phi) is 6.10. The normalized spacial score (nSPS) is 18.0. The molecule has 7 nitrogen and oxygen atoms in total. The van der Waals surface area contributed by atoms with E-state index < -0.39 is 5.25 Å². The first-order valence-corrected chi connectivity index (χ1v) is 9.18. The number of hydrogen-bond acceptors (Lipinski definition) is 6. The first kappa shape index (κ1) is 18.9. The van der Waals surface area contributed by atoms with Crippen molar-refractivity contribution in [1.29, 1.82) is 0 Å². The highest BCUT2D eigenvalue weighted by Gasteiger charge is 2.32. The van der Waals surface area contributed by atoms with Crippen molar-refractivity contribution in [3.05, 3.63) is 59.1 Å². The van der Waals surface area contributed by atoms with Crippen LogP contribution in [0.1, 0.15) is 12.0 Å². The number of thioether (sulfide) groups is 1. The van der Waals surface area contributed by atoms with Crippen LogP contribution in [0.3, 0.4) is 0 Å². The van der Waals surface area contributed by atoms with Gasteiger partial charge < -0.3 is 15.7 Å². The van der Waals surface area contributed by atoms with Gasteiger partial charge in [0.2, 0.25) is 11.8 Å². The molecule has 1 fully saturated rings. The van der Waals surface area contributed by atoms with Gasteiger partial charge in [0.15, 0.2) is 5.17 Å². The fourth-order valence-corrected chi connectivity index (χ4v) is 3.26. The molecular formula is C18H15ClN4O3S. The molecule has 138 valence electrons. The number of nitrogens with zero attached hydrogens (tertiary/aromatic N) is 2. The van der Waals surface area contributed by atoms with Crippen molar-refractivity contribution >= 4 is 52.2 Å². The van der Waals surface area contributed by atoms with Crippen LogP contribution in [0.5, 0.6) is 5.75 Å². The average Bonchev–Trinajstić information content (AvgIpc) is 2.98. The molecule has 2 amide bonds. The monoisotopic (exact) mass is 402 g/mol. The molecule has 1 atom stereocenters. The SMILES string of the molecule is O=C(CC1S/C(=N/N=C/c2ccc(O)cc2)NC1=O)Nc1ccc(Cl)cc1. The topological polar surface area (TPSA) is 103 Å². The summed E-state index contributed by atoms with van der Waals surface area (Å²) in [6.07, 6.45) is 1.51. The number of aromatic hydroxyl groups is 1. The fourth-order valence-electron chi connectivity index (χ4n) is 2.21. The summed E-state index contributed by atoms with van der Waals surface area (Å²) in [4.78, 5) is 24.1. The number of nitrogens with one attached hydrogen (secondary N) is 2. The second kappa shape index (κ2) is 8.70. The maximum absolute atomic E-state index is 12.1. The summed E-state index contributed by atoms with van der Waals surface area (Å²) < 4.78 is 0. The molecular weight excluding hydrogens is 388 g/mol. The van der Waals surface area contributed by atoms with Gasteiger partial charge in [0.05, 0.1) is 6.21 Å². The summed E-state index contributed by atoms with van der Waals surface area (Å²) in [6.45, 7) is 0. The van der Waals surface area contributed by atoms with Gasteiger partial charge in [0.1, 0.15) is 11.0 Å². The molecule has 3 N–H and O–H groups in total. The number of phenols is 1. The second-order valence-electron chi connectivity index (χ2n) is 5.60. The molecule has 0 aromatic heterocycles. The number of benzene rings is 2. The van der Waals surface area contributed by atoms with Crippen LogP contribution in [0.2, 0.25) is 5.02 Å². The zero-order chi connectivity index (χ0) is 19.2. The van der Waals surface area contributed by atoms with Crippen molar-refractivity contribution in [3.63, 3.8) is 0 Å². The van der Waals surface area contributed by atoms with Gasteiger partial charge in [-0.2, -0.15) is 5.10 Å². The summed E-state index contributed by atoms with van der Waals surface area (Å²) in [5, 5.41) is 22.7. The van der Waals surface area contributed by atoms with Gasteiger partial charge in [-0.05, 0) is 54.1 Å². The van der Waals surface area contributed by atoms with E-state index >= 15 is 0 Å². The Balaban J connectivity index is 1.54. The highest BCUT2D eigenvalue weighted by atomic mass is 35.5. The molecule has 1 saturated heterocycles. The van der Waals surface area contributed by atoms with Crippen LogP contribution in [0.25, 0.3) is 0 Å². The second-order valence-corrected chi connectivity index (χ2v) is 7.22. The van der Waals surface area contributed by atoms with Crippen molar-refractivity contribution in [2.24, 2.45) is 10.2 Å². The van der Waals surface area contributed by atoms with Crippen LogP contribution in [0.4, 0.5) is 5.69 Å². The minimum absolute atomic E-state index is 0.0137. The van der Waals surface area contributed by atoms with E-state index in [0.29, 0.717) is 15.9 Å². The Morgan fingerprint density at radius 3 is 2.63 bits per heavy atom. The Morgan fingerprint density at radius 1 is 1.22 bits per heavy atom. The van der Waals surface area contributed by atoms with E-state index in [2.05, 4.69) is 20.8 Å². The van der Waals surface area contributed by atoms with E-state index in [9.17, 15) is 14.7 Å². The maximum Gasteiger partial charge on any atom is 0.240 e. The number of carbonyl (C=O) groups is 2. The van der Waals surface area contributed by atoms with E-state index in [-0.39, 0.29) is 24.0 Å². The standard InChI is InChI=1S/C18H15ClN4O3S/c19-12-3-5-13(6-4-12)21-16(25)9-15-17(26)22-18(27-15)23-20-10-11-1-7-14(24)8-2-11/h1-8,10,15,24H,9H2,(H,21,25)(H,22,23,26)/b20-10+. The Morgan fingerprint density at radius 2 is 1.93 bits per heavy atom. The quantitative estimate of drug-likeness (QED) is 0.528. The minimum atomic E-state index is -0.570. The van der Waals surface area contributed by atoms with E-state index in [1.807, 2.05) is 0 Å². The van der Waals surface area contributed by atoms with Crippen molar-refractivity contribution in [2.75, 3.05) is 5.32 Å². The predicted octanol–water partition coefficient (Wildman–Crippen LogP) is 3.00. The lowest BCUT2D eigenvalue weighted by molar-refractivity contribution is -0.122. The number of halogens is 1.